The van der Waals surface area contributed by atoms with Crippen molar-refractivity contribution >= 4 is 11.3 Å². The summed E-state index contributed by atoms with van der Waals surface area (Å²) in [7, 11) is 0. The first-order chi connectivity index (χ1) is 8.22. The fourth-order valence-electron chi connectivity index (χ4n) is 3.81. The molecule has 2 nitrogen and oxygen atoms in total. The molecule has 0 radical (unpaired) electrons. The Kier molecular flexibility index (Phi) is 3.22. The molecule has 0 amide bonds. The van der Waals surface area contributed by atoms with Crippen molar-refractivity contribution in [1.82, 2.24) is 10.3 Å². The zero-order valence-electron chi connectivity index (χ0n) is 10.8. The molecule has 2 aliphatic rings. The van der Waals surface area contributed by atoms with Crippen molar-refractivity contribution in [3.8, 4) is 0 Å². The van der Waals surface area contributed by atoms with Gasteiger partial charge in [0.25, 0.3) is 0 Å². The number of hydrogen-bond donors (Lipinski definition) is 1. The van der Waals surface area contributed by atoms with Gasteiger partial charge in [0.05, 0.1) is 5.01 Å². The summed E-state index contributed by atoms with van der Waals surface area (Å²) in [5.74, 6) is 3.01. The van der Waals surface area contributed by atoms with Crippen LogP contribution in [0.15, 0.2) is 6.20 Å². The number of fused-ring (bicyclic) bond motifs is 2. The topological polar surface area (TPSA) is 24.9 Å². The van der Waals surface area contributed by atoms with E-state index < -0.39 is 0 Å². The monoisotopic (exact) mass is 250 g/mol. The van der Waals surface area contributed by atoms with Gasteiger partial charge in [0.15, 0.2) is 0 Å². The van der Waals surface area contributed by atoms with Gasteiger partial charge in [-0.2, -0.15) is 0 Å². The van der Waals surface area contributed by atoms with Gasteiger partial charge in [0.2, 0.25) is 0 Å². The molecule has 0 saturated heterocycles. The molecule has 17 heavy (non-hydrogen) atoms. The molecule has 3 rings (SSSR count). The predicted molar refractivity (Wildman–Crippen MR) is 72.1 cm³/mol. The highest BCUT2D eigenvalue weighted by atomic mass is 32.1. The summed E-state index contributed by atoms with van der Waals surface area (Å²) in [6.45, 7) is 5.45. The molecule has 4 unspecified atom stereocenters. The highest BCUT2D eigenvalue weighted by Crippen LogP contribution is 2.49. The molecular weight excluding hydrogens is 228 g/mol. The van der Waals surface area contributed by atoms with Crippen LogP contribution in [0.2, 0.25) is 0 Å². The maximum Gasteiger partial charge on any atom is 0.0897 e. The number of nitrogens with one attached hydrogen (secondary N) is 1. The van der Waals surface area contributed by atoms with E-state index in [9.17, 15) is 0 Å². The molecule has 2 aliphatic carbocycles. The molecule has 94 valence electrons. The van der Waals surface area contributed by atoms with Gasteiger partial charge >= 0.3 is 0 Å². The van der Waals surface area contributed by atoms with E-state index in [0.29, 0.717) is 6.04 Å². The quantitative estimate of drug-likeness (QED) is 0.886. The number of aryl methyl sites for hydroxylation is 1. The lowest BCUT2D eigenvalue weighted by atomic mass is 9.84. The summed E-state index contributed by atoms with van der Waals surface area (Å²) >= 11 is 1.81. The Balaban J connectivity index is 1.52. The van der Waals surface area contributed by atoms with E-state index in [4.69, 9.17) is 0 Å². The number of aromatic nitrogens is 1. The molecular formula is C14H22N2S. The molecule has 0 aliphatic heterocycles. The average molecular weight is 250 g/mol. The zero-order chi connectivity index (χ0) is 11.8. The third-order valence-corrected chi connectivity index (χ3v) is 5.62. The van der Waals surface area contributed by atoms with Gasteiger partial charge in [0.1, 0.15) is 0 Å². The van der Waals surface area contributed by atoms with Gasteiger partial charge in [-0.3, -0.25) is 0 Å². The summed E-state index contributed by atoms with van der Waals surface area (Å²) in [6.07, 6.45) is 7.99. The Bertz CT molecular complexity index is 387. The molecule has 0 spiro atoms. The van der Waals surface area contributed by atoms with Gasteiger partial charge in [-0.25, -0.2) is 4.98 Å². The Morgan fingerprint density at radius 2 is 2.35 bits per heavy atom. The summed E-state index contributed by atoms with van der Waals surface area (Å²) in [4.78, 5) is 5.68. The van der Waals surface area contributed by atoms with Gasteiger partial charge < -0.3 is 5.32 Å². The molecule has 1 aromatic heterocycles. The van der Waals surface area contributed by atoms with E-state index in [-0.39, 0.29) is 0 Å². The Morgan fingerprint density at radius 3 is 2.94 bits per heavy atom. The van der Waals surface area contributed by atoms with Gasteiger partial charge in [-0.15, -0.1) is 11.3 Å². The zero-order valence-corrected chi connectivity index (χ0v) is 11.6. The first-order valence-corrected chi connectivity index (χ1v) is 7.68. The molecule has 1 aromatic rings. The van der Waals surface area contributed by atoms with Crippen LogP contribution in [0.4, 0.5) is 0 Å². The van der Waals surface area contributed by atoms with E-state index in [1.54, 1.807) is 0 Å². The van der Waals surface area contributed by atoms with E-state index in [2.05, 4.69) is 24.1 Å². The second-order valence-electron chi connectivity index (χ2n) is 5.85. The number of nitrogens with zero attached hydrogens (tertiary/aromatic N) is 1. The molecule has 4 atom stereocenters. The minimum atomic E-state index is 0.674. The highest BCUT2D eigenvalue weighted by Gasteiger charge is 2.41. The Hall–Kier alpha value is -0.410. The minimum absolute atomic E-state index is 0.674. The first kappa shape index (κ1) is 11.7. The van der Waals surface area contributed by atoms with Gasteiger partial charge in [-0.1, -0.05) is 6.42 Å². The number of rotatable bonds is 4. The van der Waals surface area contributed by atoms with Gasteiger partial charge in [0, 0.05) is 23.7 Å². The van der Waals surface area contributed by atoms with E-state index in [0.717, 1.165) is 24.3 Å². The predicted octanol–water partition coefficient (Wildman–Crippen LogP) is 3.37. The number of hydrogen-bond acceptors (Lipinski definition) is 3. The maximum atomic E-state index is 4.31. The third kappa shape index (κ3) is 2.41. The highest BCUT2D eigenvalue weighted by molar-refractivity contribution is 7.11. The lowest BCUT2D eigenvalue weighted by Crippen LogP contribution is -2.35. The summed E-state index contributed by atoms with van der Waals surface area (Å²) in [5.41, 5.74) is 0. The fourth-order valence-corrected chi connectivity index (χ4v) is 4.55. The van der Waals surface area contributed by atoms with Crippen LogP contribution in [-0.4, -0.2) is 11.0 Å². The SMILES string of the molecule is Cc1ncc(CNC(C)C2CC3CCC2C3)s1. The Labute approximate surface area is 108 Å². The minimum Gasteiger partial charge on any atom is -0.309 e. The second kappa shape index (κ2) is 4.69. The van der Waals surface area contributed by atoms with Crippen LogP contribution >= 0.6 is 11.3 Å². The first-order valence-electron chi connectivity index (χ1n) is 6.87. The van der Waals surface area contributed by atoms with Crippen molar-refractivity contribution in [2.45, 2.75) is 52.1 Å². The van der Waals surface area contributed by atoms with Crippen LogP contribution < -0.4 is 5.32 Å². The smallest absolute Gasteiger partial charge is 0.0897 e. The van der Waals surface area contributed by atoms with E-state index >= 15 is 0 Å². The lowest BCUT2D eigenvalue weighted by Gasteiger charge is -2.28. The molecule has 1 heterocycles. The van der Waals surface area contributed by atoms with Crippen molar-refractivity contribution in [3.63, 3.8) is 0 Å². The van der Waals surface area contributed by atoms with Crippen LogP contribution in [0.1, 0.15) is 42.5 Å². The summed E-state index contributed by atoms with van der Waals surface area (Å²) in [5, 5.41) is 4.88. The van der Waals surface area contributed by atoms with Crippen molar-refractivity contribution in [2.75, 3.05) is 0 Å². The largest absolute Gasteiger partial charge is 0.309 e. The van der Waals surface area contributed by atoms with Crippen LogP contribution in [0.3, 0.4) is 0 Å². The normalized spacial score (nSPS) is 33.2. The van der Waals surface area contributed by atoms with Crippen LogP contribution in [0, 0.1) is 24.7 Å². The average Bonchev–Trinajstić information content (AvgIpc) is 3.01. The van der Waals surface area contributed by atoms with Crippen molar-refractivity contribution in [2.24, 2.45) is 17.8 Å². The second-order valence-corrected chi connectivity index (χ2v) is 7.17. The standard InChI is InChI=1S/C14H22N2S/c1-9(14-6-11-3-4-12(14)5-11)15-7-13-8-16-10(2)17-13/h8-9,11-12,14-15H,3-7H2,1-2H3. The molecule has 1 N–H and O–H groups in total. The number of thiazole rings is 1. The molecule has 3 heteroatoms. The third-order valence-electron chi connectivity index (χ3n) is 4.70. The Morgan fingerprint density at radius 1 is 1.47 bits per heavy atom. The van der Waals surface area contributed by atoms with Crippen molar-refractivity contribution in [1.29, 1.82) is 0 Å². The van der Waals surface area contributed by atoms with E-state index in [1.807, 2.05) is 17.5 Å². The van der Waals surface area contributed by atoms with Crippen LogP contribution in [0.25, 0.3) is 0 Å². The lowest BCUT2D eigenvalue weighted by molar-refractivity contribution is 0.260. The van der Waals surface area contributed by atoms with Gasteiger partial charge in [-0.05, 0) is 50.9 Å². The van der Waals surface area contributed by atoms with Crippen molar-refractivity contribution in [3.05, 3.63) is 16.1 Å². The molecule has 2 fully saturated rings. The molecule has 2 bridgehead atoms. The summed E-state index contributed by atoms with van der Waals surface area (Å²) < 4.78 is 0. The van der Waals surface area contributed by atoms with Crippen molar-refractivity contribution < 1.29 is 0 Å². The van der Waals surface area contributed by atoms with E-state index in [1.165, 1.54) is 35.6 Å². The van der Waals surface area contributed by atoms with Crippen LogP contribution in [0.5, 0.6) is 0 Å². The molecule has 0 aromatic carbocycles. The van der Waals surface area contributed by atoms with Crippen LogP contribution in [-0.2, 0) is 6.54 Å². The summed E-state index contributed by atoms with van der Waals surface area (Å²) in [6, 6.07) is 0.674. The maximum absolute atomic E-state index is 4.31. The molecule has 2 saturated carbocycles. The fraction of sp³-hybridized carbons (Fsp3) is 0.786.